The van der Waals surface area contributed by atoms with Crippen LogP contribution >= 0.6 is 0 Å². The molecule has 1 saturated heterocycles. The molecule has 0 N–H and O–H groups in total. The zero-order chi connectivity index (χ0) is 25.8. The highest BCUT2D eigenvalue weighted by molar-refractivity contribution is 5.96. The van der Waals surface area contributed by atoms with Crippen LogP contribution in [0.4, 0.5) is 5.69 Å². The lowest BCUT2D eigenvalue weighted by Gasteiger charge is -2.32. The first-order valence-electron chi connectivity index (χ1n) is 12.6. The SMILES string of the molecule is C=CCN1CC(c2nc3ccccc3n2CC(=O)N(c2c(C)cccc2CC)C(C)COC)CC1=O. The number of nitrogens with zero attached hydrogens (tertiary/aromatic N) is 4. The average Bonchev–Trinajstić information content (AvgIpc) is 3.41. The number of hydrogen-bond acceptors (Lipinski definition) is 4. The molecule has 2 unspecified atom stereocenters. The van der Waals surface area contributed by atoms with Gasteiger partial charge in [0, 0.05) is 32.5 Å². The van der Waals surface area contributed by atoms with Crippen LogP contribution in [0.15, 0.2) is 55.1 Å². The van der Waals surface area contributed by atoms with Crippen molar-refractivity contribution in [3.8, 4) is 0 Å². The van der Waals surface area contributed by atoms with Crippen molar-refractivity contribution in [2.45, 2.75) is 52.1 Å². The van der Waals surface area contributed by atoms with Crippen molar-refractivity contribution in [2.75, 3.05) is 31.7 Å². The number of aryl methyl sites for hydroxylation is 2. The van der Waals surface area contributed by atoms with E-state index in [9.17, 15) is 9.59 Å². The second-order valence-electron chi connectivity index (χ2n) is 9.54. The molecule has 2 heterocycles. The third-order valence-corrected chi connectivity index (χ3v) is 6.97. The van der Waals surface area contributed by atoms with Gasteiger partial charge in [0.2, 0.25) is 11.8 Å². The highest BCUT2D eigenvalue weighted by atomic mass is 16.5. The van der Waals surface area contributed by atoms with Gasteiger partial charge in [-0.25, -0.2) is 4.98 Å². The molecule has 7 heteroatoms. The number of fused-ring (bicyclic) bond motifs is 1. The summed E-state index contributed by atoms with van der Waals surface area (Å²) in [6, 6.07) is 13.9. The Morgan fingerprint density at radius 1 is 1.28 bits per heavy atom. The minimum Gasteiger partial charge on any atom is -0.383 e. The Morgan fingerprint density at radius 2 is 2.06 bits per heavy atom. The number of methoxy groups -OCH3 is 1. The molecule has 0 aliphatic carbocycles. The summed E-state index contributed by atoms with van der Waals surface area (Å²) in [7, 11) is 1.66. The fraction of sp³-hybridized carbons (Fsp3) is 0.414. The normalized spacial score (nSPS) is 16.5. The second-order valence-corrected chi connectivity index (χ2v) is 9.54. The molecule has 2 aromatic carbocycles. The first-order valence-corrected chi connectivity index (χ1v) is 12.6. The number of likely N-dealkylation sites (tertiary alicyclic amines) is 1. The van der Waals surface area contributed by atoms with Crippen LogP contribution in [0.25, 0.3) is 11.0 Å². The van der Waals surface area contributed by atoms with Crippen molar-refractivity contribution in [2.24, 2.45) is 0 Å². The molecule has 1 aromatic heterocycles. The van der Waals surface area contributed by atoms with Gasteiger partial charge in [0.25, 0.3) is 0 Å². The molecule has 36 heavy (non-hydrogen) atoms. The summed E-state index contributed by atoms with van der Waals surface area (Å²) in [6.07, 6.45) is 2.95. The molecule has 190 valence electrons. The smallest absolute Gasteiger partial charge is 0.247 e. The molecule has 1 fully saturated rings. The van der Waals surface area contributed by atoms with E-state index in [1.807, 2.05) is 59.7 Å². The third-order valence-electron chi connectivity index (χ3n) is 6.97. The van der Waals surface area contributed by atoms with Gasteiger partial charge in [-0.15, -0.1) is 6.58 Å². The molecular formula is C29H36N4O3. The molecule has 7 nitrogen and oxygen atoms in total. The topological polar surface area (TPSA) is 67.7 Å². The summed E-state index contributed by atoms with van der Waals surface area (Å²) in [5.74, 6) is 0.768. The predicted molar refractivity (Wildman–Crippen MR) is 143 cm³/mol. The molecule has 4 rings (SSSR count). The molecule has 3 aromatic rings. The Morgan fingerprint density at radius 3 is 2.78 bits per heavy atom. The molecule has 0 bridgehead atoms. The van der Waals surface area contributed by atoms with Crippen LogP contribution < -0.4 is 4.90 Å². The standard InChI is InChI=1S/C29H36N4O3/c1-6-15-31-17-23(16-26(31)34)29-30-24-13-8-9-14-25(24)32(29)18-27(35)33(21(4)19-36-5)28-20(3)11-10-12-22(28)7-2/h6,8-14,21,23H,1,7,15-19H2,2-5H3. The minimum absolute atomic E-state index is 0.0276. The maximum atomic E-state index is 14.1. The van der Waals surface area contributed by atoms with E-state index in [2.05, 4.69) is 19.6 Å². The monoisotopic (exact) mass is 488 g/mol. The molecule has 1 aliphatic rings. The maximum absolute atomic E-state index is 14.1. The van der Waals surface area contributed by atoms with E-state index in [4.69, 9.17) is 9.72 Å². The van der Waals surface area contributed by atoms with Gasteiger partial charge in [-0.3, -0.25) is 9.59 Å². The van der Waals surface area contributed by atoms with Gasteiger partial charge < -0.3 is 19.1 Å². The minimum atomic E-state index is -0.150. The van der Waals surface area contributed by atoms with Gasteiger partial charge >= 0.3 is 0 Å². The number of carbonyl (C=O) groups is 2. The van der Waals surface area contributed by atoms with Crippen LogP contribution in [0.1, 0.15) is 43.1 Å². The fourth-order valence-corrected chi connectivity index (χ4v) is 5.32. The predicted octanol–water partition coefficient (Wildman–Crippen LogP) is 4.48. The lowest BCUT2D eigenvalue weighted by Crippen LogP contribution is -2.44. The van der Waals surface area contributed by atoms with Crippen molar-refractivity contribution in [3.63, 3.8) is 0 Å². The van der Waals surface area contributed by atoms with Crippen LogP contribution in [0.2, 0.25) is 0 Å². The van der Waals surface area contributed by atoms with Crippen molar-refractivity contribution < 1.29 is 14.3 Å². The highest BCUT2D eigenvalue weighted by Gasteiger charge is 2.34. The molecular weight excluding hydrogens is 452 g/mol. The number of ether oxygens (including phenoxy) is 1. The van der Waals surface area contributed by atoms with Gasteiger partial charge in [-0.05, 0) is 43.5 Å². The van der Waals surface area contributed by atoms with Crippen LogP contribution in [0.5, 0.6) is 0 Å². The summed E-state index contributed by atoms with van der Waals surface area (Å²) in [5.41, 5.74) is 4.87. The summed E-state index contributed by atoms with van der Waals surface area (Å²) in [4.78, 5) is 35.3. The Hall–Kier alpha value is -3.45. The van der Waals surface area contributed by atoms with Gasteiger partial charge in [0.05, 0.1) is 29.4 Å². The lowest BCUT2D eigenvalue weighted by molar-refractivity contribution is -0.127. The van der Waals surface area contributed by atoms with Crippen LogP contribution in [0.3, 0.4) is 0 Å². The van der Waals surface area contributed by atoms with Crippen LogP contribution in [-0.2, 0) is 27.3 Å². The largest absolute Gasteiger partial charge is 0.383 e. The van der Waals surface area contributed by atoms with Crippen molar-refractivity contribution in [1.82, 2.24) is 14.5 Å². The molecule has 0 radical (unpaired) electrons. The number of benzene rings is 2. The van der Waals surface area contributed by atoms with Gasteiger partial charge in [0.15, 0.2) is 0 Å². The van der Waals surface area contributed by atoms with Gasteiger partial charge in [-0.2, -0.15) is 0 Å². The Balaban J connectivity index is 1.76. The highest BCUT2D eigenvalue weighted by Crippen LogP contribution is 2.32. The zero-order valence-corrected chi connectivity index (χ0v) is 21.7. The van der Waals surface area contributed by atoms with E-state index in [1.165, 1.54) is 0 Å². The summed E-state index contributed by atoms with van der Waals surface area (Å²) >= 11 is 0. The number of carbonyl (C=O) groups excluding carboxylic acids is 2. The van der Waals surface area contributed by atoms with E-state index >= 15 is 0 Å². The second kappa shape index (κ2) is 11.1. The summed E-state index contributed by atoms with van der Waals surface area (Å²) in [6.45, 7) is 11.6. The zero-order valence-electron chi connectivity index (χ0n) is 21.7. The van der Waals surface area contributed by atoms with Crippen LogP contribution in [0, 0.1) is 6.92 Å². The van der Waals surface area contributed by atoms with Crippen LogP contribution in [-0.4, -0.2) is 59.1 Å². The maximum Gasteiger partial charge on any atom is 0.247 e. The Bertz CT molecular complexity index is 1260. The number of amides is 2. The van der Waals surface area contributed by atoms with E-state index in [-0.39, 0.29) is 30.3 Å². The molecule has 2 amide bonds. The molecule has 0 spiro atoms. The van der Waals surface area contributed by atoms with Crippen molar-refractivity contribution in [1.29, 1.82) is 0 Å². The third kappa shape index (κ3) is 4.93. The first-order chi connectivity index (χ1) is 17.4. The molecule has 1 aliphatic heterocycles. The molecule has 2 atom stereocenters. The summed E-state index contributed by atoms with van der Waals surface area (Å²) in [5, 5.41) is 0. The van der Waals surface area contributed by atoms with E-state index in [0.29, 0.717) is 26.1 Å². The number of hydrogen-bond donors (Lipinski definition) is 0. The van der Waals surface area contributed by atoms with E-state index < -0.39 is 0 Å². The number of anilines is 1. The lowest BCUT2D eigenvalue weighted by atomic mass is 10.0. The Labute approximate surface area is 213 Å². The van der Waals surface area contributed by atoms with E-state index in [0.717, 1.165) is 40.1 Å². The number of imidazole rings is 1. The number of rotatable bonds is 10. The number of aromatic nitrogens is 2. The first kappa shape index (κ1) is 25.6. The summed E-state index contributed by atoms with van der Waals surface area (Å²) < 4.78 is 7.47. The van der Waals surface area contributed by atoms with E-state index in [1.54, 1.807) is 18.1 Å². The van der Waals surface area contributed by atoms with Gasteiger partial charge in [0.1, 0.15) is 12.4 Å². The quantitative estimate of drug-likeness (QED) is 0.395. The number of para-hydroxylation sites is 3. The Kier molecular flexibility index (Phi) is 7.89. The van der Waals surface area contributed by atoms with Gasteiger partial charge in [-0.1, -0.05) is 43.3 Å². The average molecular weight is 489 g/mol. The van der Waals surface area contributed by atoms with Crippen molar-refractivity contribution in [3.05, 3.63) is 72.1 Å². The van der Waals surface area contributed by atoms with Crippen molar-refractivity contribution >= 4 is 28.5 Å². The fourth-order valence-electron chi connectivity index (χ4n) is 5.32. The molecule has 0 saturated carbocycles.